The van der Waals surface area contributed by atoms with E-state index in [1.54, 1.807) is 10.9 Å². The molecule has 1 aromatic heterocycles. The van der Waals surface area contributed by atoms with Gasteiger partial charge in [0.05, 0.1) is 23.5 Å². The van der Waals surface area contributed by atoms with Gasteiger partial charge in [-0.2, -0.15) is 5.26 Å². The van der Waals surface area contributed by atoms with Crippen LogP contribution in [0.25, 0.3) is 0 Å². The molecule has 17 heavy (non-hydrogen) atoms. The molecular formula is C12H13N5. The molecule has 0 spiro atoms. The SMILES string of the molecule is Cn1nncc1CNCc1ccc(C#N)cc1. The van der Waals surface area contributed by atoms with Crippen LogP contribution < -0.4 is 5.32 Å². The summed E-state index contributed by atoms with van der Waals surface area (Å²) in [6, 6.07) is 9.65. The number of benzene rings is 1. The van der Waals surface area contributed by atoms with Crippen molar-refractivity contribution in [1.29, 1.82) is 5.26 Å². The van der Waals surface area contributed by atoms with E-state index in [0.717, 1.165) is 24.3 Å². The van der Waals surface area contributed by atoms with Crippen LogP contribution in [0.15, 0.2) is 30.5 Å². The standard InChI is InChI=1S/C12H13N5/c1-17-12(9-15-16-17)8-14-7-11-4-2-10(6-13)3-5-11/h2-5,9,14H,7-8H2,1H3. The van der Waals surface area contributed by atoms with Gasteiger partial charge in [0, 0.05) is 20.1 Å². The summed E-state index contributed by atoms with van der Waals surface area (Å²) in [6.45, 7) is 1.49. The van der Waals surface area contributed by atoms with E-state index in [2.05, 4.69) is 21.7 Å². The molecule has 1 heterocycles. The third-order valence-corrected chi connectivity index (χ3v) is 2.53. The van der Waals surface area contributed by atoms with Crippen LogP contribution in [0.5, 0.6) is 0 Å². The number of hydrogen-bond donors (Lipinski definition) is 1. The highest BCUT2D eigenvalue weighted by atomic mass is 15.4. The normalized spacial score (nSPS) is 10.1. The number of nitrogens with one attached hydrogen (secondary N) is 1. The highest BCUT2D eigenvalue weighted by Crippen LogP contribution is 2.03. The van der Waals surface area contributed by atoms with E-state index in [1.165, 1.54) is 0 Å². The van der Waals surface area contributed by atoms with Gasteiger partial charge in [-0.3, -0.25) is 4.68 Å². The fourth-order valence-electron chi connectivity index (χ4n) is 1.50. The smallest absolute Gasteiger partial charge is 0.0991 e. The maximum atomic E-state index is 8.68. The first kappa shape index (κ1) is 11.3. The monoisotopic (exact) mass is 227 g/mol. The zero-order chi connectivity index (χ0) is 12.1. The van der Waals surface area contributed by atoms with Gasteiger partial charge >= 0.3 is 0 Å². The predicted molar refractivity (Wildman–Crippen MR) is 62.7 cm³/mol. The van der Waals surface area contributed by atoms with Crippen LogP contribution in [0.4, 0.5) is 0 Å². The molecule has 0 saturated carbocycles. The van der Waals surface area contributed by atoms with Gasteiger partial charge in [-0.1, -0.05) is 17.3 Å². The van der Waals surface area contributed by atoms with E-state index in [0.29, 0.717) is 5.56 Å². The van der Waals surface area contributed by atoms with E-state index < -0.39 is 0 Å². The van der Waals surface area contributed by atoms with E-state index >= 15 is 0 Å². The molecule has 2 rings (SSSR count). The highest BCUT2D eigenvalue weighted by Gasteiger charge is 1.99. The van der Waals surface area contributed by atoms with Crippen LogP contribution >= 0.6 is 0 Å². The first-order chi connectivity index (χ1) is 8.29. The van der Waals surface area contributed by atoms with Crippen molar-refractivity contribution in [3.05, 3.63) is 47.3 Å². The molecule has 0 bridgehead atoms. The molecule has 0 aliphatic heterocycles. The maximum absolute atomic E-state index is 8.68. The number of nitriles is 1. The largest absolute Gasteiger partial charge is 0.307 e. The van der Waals surface area contributed by atoms with Crippen molar-refractivity contribution in [1.82, 2.24) is 20.3 Å². The Balaban J connectivity index is 1.86. The Labute approximate surface area is 99.7 Å². The first-order valence-corrected chi connectivity index (χ1v) is 5.33. The van der Waals surface area contributed by atoms with Crippen LogP contribution in [-0.2, 0) is 20.1 Å². The molecule has 0 aliphatic carbocycles. The summed E-state index contributed by atoms with van der Waals surface area (Å²) in [7, 11) is 1.87. The number of nitrogens with zero attached hydrogens (tertiary/aromatic N) is 4. The lowest BCUT2D eigenvalue weighted by atomic mass is 10.1. The molecule has 0 aliphatic rings. The molecule has 0 saturated heterocycles. The minimum atomic E-state index is 0.685. The van der Waals surface area contributed by atoms with E-state index in [4.69, 9.17) is 5.26 Å². The van der Waals surface area contributed by atoms with Crippen molar-refractivity contribution in [2.45, 2.75) is 13.1 Å². The van der Waals surface area contributed by atoms with Crippen LogP contribution in [0, 0.1) is 11.3 Å². The second-order valence-electron chi connectivity index (χ2n) is 3.76. The molecule has 2 aromatic rings. The molecule has 1 N–H and O–H groups in total. The van der Waals surface area contributed by atoms with Crippen molar-refractivity contribution in [3.8, 4) is 6.07 Å². The molecule has 0 radical (unpaired) electrons. The summed E-state index contributed by atoms with van der Waals surface area (Å²) >= 11 is 0. The number of aromatic nitrogens is 3. The fourth-order valence-corrected chi connectivity index (χ4v) is 1.50. The zero-order valence-electron chi connectivity index (χ0n) is 9.59. The summed E-state index contributed by atoms with van der Waals surface area (Å²) in [4.78, 5) is 0. The van der Waals surface area contributed by atoms with E-state index in [1.807, 2.05) is 31.3 Å². The highest BCUT2D eigenvalue weighted by molar-refractivity contribution is 5.31. The first-order valence-electron chi connectivity index (χ1n) is 5.33. The van der Waals surface area contributed by atoms with Crippen molar-refractivity contribution in [2.75, 3.05) is 0 Å². The third kappa shape index (κ3) is 2.89. The number of hydrogen-bond acceptors (Lipinski definition) is 4. The van der Waals surface area contributed by atoms with Gasteiger partial charge in [0.1, 0.15) is 0 Å². The maximum Gasteiger partial charge on any atom is 0.0991 e. The lowest BCUT2D eigenvalue weighted by Gasteiger charge is -2.04. The second-order valence-corrected chi connectivity index (χ2v) is 3.76. The van der Waals surface area contributed by atoms with Gasteiger partial charge in [0.2, 0.25) is 0 Å². The molecule has 0 unspecified atom stereocenters. The Morgan fingerprint density at radius 1 is 1.29 bits per heavy atom. The molecular weight excluding hydrogens is 214 g/mol. The van der Waals surface area contributed by atoms with Crippen LogP contribution in [0.3, 0.4) is 0 Å². The Kier molecular flexibility index (Phi) is 3.48. The van der Waals surface area contributed by atoms with Gasteiger partial charge in [-0.05, 0) is 17.7 Å². The van der Waals surface area contributed by atoms with Crippen molar-refractivity contribution in [3.63, 3.8) is 0 Å². The van der Waals surface area contributed by atoms with Crippen LogP contribution in [0.1, 0.15) is 16.8 Å². The topological polar surface area (TPSA) is 66.5 Å². The van der Waals surface area contributed by atoms with Crippen LogP contribution in [-0.4, -0.2) is 15.0 Å². The van der Waals surface area contributed by atoms with Gasteiger partial charge in [-0.15, -0.1) is 5.10 Å². The summed E-state index contributed by atoms with van der Waals surface area (Å²) in [5.41, 5.74) is 2.88. The predicted octanol–water partition coefficient (Wildman–Crippen LogP) is 0.977. The minimum Gasteiger partial charge on any atom is -0.307 e. The Bertz CT molecular complexity index is 521. The fraction of sp³-hybridized carbons (Fsp3) is 0.250. The van der Waals surface area contributed by atoms with Crippen LogP contribution in [0.2, 0.25) is 0 Å². The summed E-state index contributed by atoms with van der Waals surface area (Å²) < 4.78 is 1.74. The molecule has 5 nitrogen and oxygen atoms in total. The molecule has 1 aromatic carbocycles. The Hall–Kier alpha value is -2.19. The second kappa shape index (κ2) is 5.23. The molecule has 0 amide bonds. The zero-order valence-corrected chi connectivity index (χ0v) is 9.59. The van der Waals surface area contributed by atoms with E-state index in [-0.39, 0.29) is 0 Å². The van der Waals surface area contributed by atoms with E-state index in [9.17, 15) is 0 Å². The van der Waals surface area contributed by atoms with Crippen molar-refractivity contribution >= 4 is 0 Å². The molecule has 86 valence electrons. The van der Waals surface area contributed by atoms with Gasteiger partial charge in [0.15, 0.2) is 0 Å². The molecule has 5 heteroatoms. The number of rotatable bonds is 4. The van der Waals surface area contributed by atoms with Crippen molar-refractivity contribution in [2.24, 2.45) is 7.05 Å². The Morgan fingerprint density at radius 2 is 2.06 bits per heavy atom. The average molecular weight is 227 g/mol. The van der Waals surface area contributed by atoms with Gasteiger partial charge in [-0.25, -0.2) is 0 Å². The molecule has 0 atom stereocenters. The number of aryl methyl sites for hydroxylation is 1. The van der Waals surface area contributed by atoms with Gasteiger partial charge in [0.25, 0.3) is 0 Å². The lowest BCUT2D eigenvalue weighted by Crippen LogP contribution is -2.15. The summed E-state index contributed by atoms with van der Waals surface area (Å²) in [5, 5.41) is 19.6. The Morgan fingerprint density at radius 3 is 2.65 bits per heavy atom. The minimum absolute atomic E-state index is 0.685. The lowest BCUT2D eigenvalue weighted by molar-refractivity contribution is 0.617. The van der Waals surface area contributed by atoms with Crippen molar-refractivity contribution < 1.29 is 0 Å². The quantitative estimate of drug-likeness (QED) is 0.845. The third-order valence-electron chi connectivity index (χ3n) is 2.53. The summed E-state index contributed by atoms with van der Waals surface area (Å²) in [6.07, 6.45) is 1.74. The molecule has 0 fully saturated rings. The average Bonchev–Trinajstić information content (AvgIpc) is 2.76. The van der Waals surface area contributed by atoms with Gasteiger partial charge < -0.3 is 5.32 Å². The summed E-state index contributed by atoms with van der Waals surface area (Å²) in [5.74, 6) is 0.